The van der Waals surface area contributed by atoms with Crippen LogP contribution in [0.1, 0.15) is 22.2 Å². The highest BCUT2D eigenvalue weighted by atomic mass is 35.5. The summed E-state index contributed by atoms with van der Waals surface area (Å²) < 4.78 is 16.2. The third-order valence-corrected chi connectivity index (χ3v) is 4.86. The highest BCUT2D eigenvalue weighted by molar-refractivity contribution is 7.17. The Morgan fingerprint density at radius 3 is 2.76 bits per heavy atom. The van der Waals surface area contributed by atoms with Gasteiger partial charge in [-0.3, -0.25) is 4.79 Å². The molecule has 1 aliphatic heterocycles. The average Bonchev–Trinajstić information content (AvgIpc) is 3.25. The molecule has 0 fully saturated rings. The lowest BCUT2D eigenvalue weighted by molar-refractivity contribution is -0.134. The van der Waals surface area contributed by atoms with Crippen LogP contribution in [0.25, 0.3) is 0 Å². The number of esters is 1. The monoisotopic (exact) mass is 381 g/mol. The van der Waals surface area contributed by atoms with Crippen LogP contribution in [0, 0.1) is 0 Å². The number of likely N-dealkylation sites (N-methyl/N-ethyl adjacent to an activating group) is 1. The molecule has 0 spiro atoms. The van der Waals surface area contributed by atoms with Crippen LogP contribution in [-0.2, 0) is 16.1 Å². The summed E-state index contributed by atoms with van der Waals surface area (Å²) in [6, 6.07) is 8.73. The smallest absolute Gasteiger partial charge is 0.348 e. The molecule has 0 saturated heterocycles. The minimum Gasteiger partial charge on any atom is -0.454 e. The molecule has 0 radical (unpaired) electrons. The van der Waals surface area contributed by atoms with Crippen LogP contribution in [0.2, 0.25) is 4.34 Å². The van der Waals surface area contributed by atoms with E-state index in [4.69, 9.17) is 25.8 Å². The maximum absolute atomic E-state index is 12.3. The molecule has 0 atom stereocenters. The quantitative estimate of drug-likeness (QED) is 0.718. The Morgan fingerprint density at radius 1 is 1.24 bits per heavy atom. The topological polar surface area (TPSA) is 65.1 Å². The minimum absolute atomic E-state index is 0.206. The van der Waals surface area contributed by atoms with Gasteiger partial charge in [0.15, 0.2) is 18.1 Å². The Hall–Kier alpha value is -2.25. The third kappa shape index (κ3) is 4.24. The van der Waals surface area contributed by atoms with Gasteiger partial charge in [0.25, 0.3) is 5.91 Å². The number of hydrogen-bond acceptors (Lipinski definition) is 6. The molecule has 2 heterocycles. The predicted molar refractivity (Wildman–Crippen MR) is 93.3 cm³/mol. The predicted octanol–water partition coefficient (Wildman–Crippen LogP) is 3.34. The van der Waals surface area contributed by atoms with Crippen molar-refractivity contribution < 1.29 is 23.8 Å². The number of thiophene rings is 1. The fourth-order valence-corrected chi connectivity index (χ4v) is 3.29. The van der Waals surface area contributed by atoms with Crippen LogP contribution in [0.15, 0.2) is 30.3 Å². The second-order valence-electron chi connectivity index (χ2n) is 5.28. The van der Waals surface area contributed by atoms with Gasteiger partial charge in [0.2, 0.25) is 6.79 Å². The molecular formula is C17H16ClNO5S. The van der Waals surface area contributed by atoms with Crippen LogP contribution < -0.4 is 9.47 Å². The molecular weight excluding hydrogens is 366 g/mol. The highest BCUT2D eigenvalue weighted by Crippen LogP contribution is 2.32. The van der Waals surface area contributed by atoms with Crippen molar-refractivity contribution in [3.63, 3.8) is 0 Å². The van der Waals surface area contributed by atoms with Crippen molar-refractivity contribution in [2.24, 2.45) is 0 Å². The summed E-state index contributed by atoms with van der Waals surface area (Å²) in [6.45, 7) is 2.65. The third-order valence-electron chi connectivity index (χ3n) is 3.65. The van der Waals surface area contributed by atoms with E-state index in [1.54, 1.807) is 17.0 Å². The van der Waals surface area contributed by atoms with Crippen LogP contribution in [0.5, 0.6) is 11.5 Å². The second kappa shape index (κ2) is 7.76. The summed E-state index contributed by atoms with van der Waals surface area (Å²) in [5, 5.41) is 0. The normalized spacial score (nSPS) is 12.1. The number of ether oxygens (including phenoxy) is 3. The van der Waals surface area contributed by atoms with Gasteiger partial charge in [0, 0.05) is 13.1 Å². The van der Waals surface area contributed by atoms with Crippen molar-refractivity contribution in [3.05, 3.63) is 45.1 Å². The molecule has 0 bridgehead atoms. The van der Waals surface area contributed by atoms with Crippen molar-refractivity contribution in [2.75, 3.05) is 19.9 Å². The van der Waals surface area contributed by atoms with Crippen molar-refractivity contribution in [1.82, 2.24) is 4.90 Å². The molecule has 0 aliphatic carbocycles. The van der Waals surface area contributed by atoms with E-state index in [9.17, 15) is 9.59 Å². The van der Waals surface area contributed by atoms with E-state index in [1.807, 2.05) is 25.1 Å². The van der Waals surface area contributed by atoms with Crippen molar-refractivity contribution in [1.29, 1.82) is 0 Å². The molecule has 1 aliphatic rings. The summed E-state index contributed by atoms with van der Waals surface area (Å²) in [7, 11) is 0. The lowest BCUT2D eigenvalue weighted by Crippen LogP contribution is -2.34. The van der Waals surface area contributed by atoms with E-state index in [1.165, 1.54) is 0 Å². The van der Waals surface area contributed by atoms with E-state index in [0.717, 1.165) is 16.9 Å². The zero-order valence-electron chi connectivity index (χ0n) is 13.5. The highest BCUT2D eigenvalue weighted by Gasteiger charge is 2.18. The van der Waals surface area contributed by atoms with Gasteiger partial charge in [-0.05, 0) is 36.8 Å². The number of nitrogens with zero attached hydrogens (tertiary/aromatic N) is 1. The largest absolute Gasteiger partial charge is 0.454 e. The molecule has 0 N–H and O–H groups in total. The standard InChI is InChI=1S/C17H16ClNO5S/c1-2-19(8-11-3-4-12-13(7-11)24-10-23-12)16(20)9-22-17(21)14-5-6-15(18)25-14/h3-7H,2,8-10H2,1H3. The fraction of sp³-hybridized carbons (Fsp3) is 0.294. The molecule has 8 heteroatoms. The Kier molecular flexibility index (Phi) is 5.45. The first-order valence-electron chi connectivity index (χ1n) is 7.65. The Balaban J connectivity index is 1.57. The lowest BCUT2D eigenvalue weighted by atomic mass is 10.2. The molecule has 1 aromatic heterocycles. The summed E-state index contributed by atoms with van der Waals surface area (Å²) in [5.74, 6) is 0.546. The van der Waals surface area contributed by atoms with Gasteiger partial charge < -0.3 is 19.1 Å². The number of rotatable bonds is 6. The van der Waals surface area contributed by atoms with E-state index in [0.29, 0.717) is 33.8 Å². The van der Waals surface area contributed by atoms with E-state index < -0.39 is 5.97 Å². The molecule has 6 nitrogen and oxygen atoms in total. The van der Waals surface area contributed by atoms with Gasteiger partial charge in [0.05, 0.1) is 4.34 Å². The first-order valence-corrected chi connectivity index (χ1v) is 8.85. The minimum atomic E-state index is -0.551. The van der Waals surface area contributed by atoms with E-state index in [2.05, 4.69) is 0 Å². The van der Waals surface area contributed by atoms with Gasteiger partial charge in [-0.15, -0.1) is 11.3 Å². The molecule has 0 saturated carbocycles. The second-order valence-corrected chi connectivity index (χ2v) is 6.99. The average molecular weight is 382 g/mol. The van der Waals surface area contributed by atoms with Gasteiger partial charge in [0.1, 0.15) is 4.88 Å². The number of halogens is 1. The summed E-state index contributed by atoms with van der Waals surface area (Å²) in [6.07, 6.45) is 0. The Bertz CT molecular complexity index is 791. The first-order chi connectivity index (χ1) is 12.1. The van der Waals surface area contributed by atoms with Gasteiger partial charge in [-0.25, -0.2) is 4.79 Å². The molecule has 3 rings (SSSR count). The van der Waals surface area contributed by atoms with Crippen LogP contribution in [0.3, 0.4) is 0 Å². The number of carbonyl (C=O) groups is 2. The van der Waals surface area contributed by atoms with Gasteiger partial charge >= 0.3 is 5.97 Å². The maximum Gasteiger partial charge on any atom is 0.348 e. The van der Waals surface area contributed by atoms with Gasteiger partial charge in [-0.1, -0.05) is 17.7 Å². The number of fused-ring (bicyclic) bond motifs is 1. The van der Waals surface area contributed by atoms with Crippen molar-refractivity contribution >= 4 is 34.8 Å². The summed E-state index contributed by atoms with van der Waals surface area (Å²) in [4.78, 5) is 26.2. The zero-order valence-corrected chi connectivity index (χ0v) is 15.1. The molecule has 2 aromatic rings. The molecule has 1 aromatic carbocycles. The molecule has 1 amide bonds. The Morgan fingerprint density at radius 2 is 2.04 bits per heavy atom. The lowest BCUT2D eigenvalue weighted by Gasteiger charge is -2.21. The van der Waals surface area contributed by atoms with Crippen molar-refractivity contribution in [2.45, 2.75) is 13.5 Å². The van der Waals surface area contributed by atoms with E-state index >= 15 is 0 Å². The van der Waals surface area contributed by atoms with E-state index in [-0.39, 0.29) is 19.3 Å². The van der Waals surface area contributed by atoms with Crippen LogP contribution in [0.4, 0.5) is 0 Å². The number of benzene rings is 1. The van der Waals surface area contributed by atoms with Crippen molar-refractivity contribution in [3.8, 4) is 11.5 Å². The number of hydrogen-bond donors (Lipinski definition) is 0. The first kappa shape index (κ1) is 17.6. The van der Waals surface area contributed by atoms with Gasteiger partial charge in [-0.2, -0.15) is 0 Å². The maximum atomic E-state index is 12.3. The molecule has 0 unspecified atom stereocenters. The summed E-state index contributed by atoms with van der Waals surface area (Å²) in [5.41, 5.74) is 0.913. The van der Waals surface area contributed by atoms with Crippen LogP contribution >= 0.6 is 22.9 Å². The zero-order chi connectivity index (χ0) is 17.8. The number of amides is 1. The summed E-state index contributed by atoms with van der Waals surface area (Å²) >= 11 is 6.90. The molecule has 132 valence electrons. The van der Waals surface area contributed by atoms with Crippen LogP contribution in [-0.4, -0.2) is 36.7 Å². The Labute approximate surface area is 153 Å². The fourth-order valence-electron chi connectivity index (χ4n) is 2.35. The SMILES string of the molecule is CCN(Cc1ccc2c(c1)OCO2)C(=O)COC(=O)c1ccc(Cl)s1. The molecule has 25 heavy (non-hydrogen) atoms. The number of carbonyl (C=O) groups excluding carboxylic acids is 2.